The van der Waals surface area contributed by atoms with Gasteiger partial charge in [-0.15, -0.1) is 0 Å². The summed E-state index contributed by atoms with van der Waals surface area (Å²) in [7, 11) is -1.74. The number of benzene rings is 2. The van der Waals surface area contributed by atoms with E-state index in [0.717, 1.165) is 17.0 Å². The fraction of sp³-hybridized carbons (Fsp3) is 0.167. The van der Waals surface area contributed by atoms with E-state index >= 15 is 0 Å². The van der Waals surface area contributed by atoms with Crippen molar-refractivity contribution in [2.75, 3.05) is 18.1 Å². The van der Waals surface area contributed by atoms with Gasteiger partial charge in [0.05, 0.1) is 19.1 Å². The van der Waals surface area contributed by atoms with Gasteiger partial charge in [-0.25, -0.2) is 8.42 Å². The summed E-state index contributed by atoms with van der Waals surface area (Å²) in [6.07, 6.45) is 1.11. The largest absolute Gasteiger partial charge is 0.496 e. The number of hydrogen-bond donors (Lipinski definition) is 1. The first-order valence-corrected chi connectivity index (χ1v) is 6.84. The maximum Gasteiger partial charge on any atom is 0.229 e. The summed E-state index contributed by atoms with van der Waals surface area (Å²) in [5.41, 5.74) is 0.489. The van der Waals surface area contributed by atoms with Gasteiger partial charge in [-0.05, 0) is 23.6 Å². The van der Waals surface area contributed by atoms with Crippen molar-refractivity contribution in [2.45, 2.75) is 0 Å². The van der Waals surface area contributed by atoms with Crippen LogP contribution >= 0.6 is 0 Å². The molecule has 0 atom stereocenters. The molecule has 0 aliphatic rings. The number of sulfonamides is 1. The monoisotopic (exact) mass is 250 g/mol. The van der Waals surface area contributed by atoms with Gasteiger partial charge in [-0.2, -0.15) is 0 Å². The summed E-state index contributed by atoms with van der Waals surface area (Å²) in [6, 6.07) is 11.8. The van der Waals surface area contributed by atoms with Crippen molar-refractivity contribution in [3.8, 4) is 5.75 Å². The fourth-order valence-electron chi connectivity index (χ4n) is 1.65. The van der Waals surface area contributed by atoms with E-state index < -0.39 is 10.0 Å². The maximum atomic E-state index is 11.2. The van der Waals surface area contributed by atoms with Gasteiger partial charge in [0.15, 0.2) is 0 Å². The zero-order valence-corrected chi connectivity index (χ0v) is 10.3. The van der Waals surface area contributed by atoms with Crippen molar-refractivity contribution in [1.29, 1.82) is 0 Å². The van der Waals surface area contributed by atoms with E-state index in [4.69, 9.17) is 4.74 Å². The van der Waals surface area contributed by atoms with Crippen LogP contribution in [0.1, 0.15) is 0 Å². The zero-order valence-electron chi connectivity index (χ0n) is 9.52. The molecule has 2 rings (SSSR count). The molecule has 2 aromatic carbocycles. The third-order valence-corrected chi connectivity index (χ3v) is 2.89. The van der Waals surface area contributed by atoms with Gasteiger partial charge in [0.25, 0.3) is 0 Å². The van der Waals surface area contributed by atoms with Crippen molar-refractivity contribution in [3.63, 3.8) is 0 Å². The molecule has 0 aromatic heterocycles. The molecule has 0 fully saturated rings. The quantitative estimate of drug-likeness (QED) is 0.906. The van der Waals surface area contributed by atoms with E-state index in [1.54, 1.807) is 31.4 Å². The molecule has 0 bridgehead atoms. The molecule has 4 nitrogen and oxygen atoms in total. The highest BCUT2D eigenvalue weighted by Crippen LogP contribution is 2.29. The van der Waals surface area contributed by atoms with E-state index in [9.17, 15) is 8.42 Å². The summed E-state index contributed by atoms with van der Waals surface area (Å²) in [5, 5.41) is 1.79. The number of nitrogens with one attached hydrogen (secondary N) is 1. The average molecular weight is 250 g/mol. The van der Waals surface area contributed by atoms with Crippen LogP contribution < -0.4 is 9.46 Å². The molecule has 0 amide bonds. The van der Waals surface area contributed by atoms with Gasteiger partial charge < -0.3 is 4.74 Å². The molecule has 5 heteroatoms. The van der Waals surface area contributed by atoms with Crippen LogP contribution in [-0.4, -0.2) is 21.8 Å². The second-order valence-electron chi connectivity index (χ2n) is 3.70. The van der Waals surface area contributed by atoms with Gasteiger partial charge in [-0.1, -0.05) is 12.1 Å². The van der Waals surface area contributed by atoms with Gasteiger partial charge in [0.2, 0.25) is 10.0 Å². The number of rotatable bonds is 3. The van der Waals surface area contributed by atoms with E-state index in [2.05, 4.69) is 10.8 Å². The molecular weight excluding hydrogens is 238 g/mol. The van der Waals surface area contributed by atoms with E-state index in [1.807, 2.05) is 6.07 Å². The second kappa shape index (κ2) is 4.25. The van der Waals surface area contributed by atoms with Crippen molar-refractivity contribution < 1.29 is 13.2 Å². The summed E-state index contributed by atoms with van der Waals surface area (Å²) in [5.74, 6) is 0.616. The smallest absolute Gasteiger partial charge is 0.229 e. The minimum atomic E-state index is -3.28. The van der Waals surface area contributed by atoms with Crippen LogP contribution in [0.25, 0.3) is 10.8 Å². The molecule has 1 radical (unpaired) electrons. The molecule has 0 saturated heterocycles. The predicted octanol–water partition coefficient (Wildman–Crippen LogP) is 2.02. The molecule has 0 heterocycles. The third kappa shape index (κ3) is 2.68. The fourth-order valence-corrected chi connectivity index (χ4v) is 2.20. The molecule has 2 aromatic rings. The Kier molecular flexibility index (Phi) is 2.93. The third-order valence-electron chi connectivity index (χ3n) is 2.28. The lowest BCUT2D eigenvalue weighted by Crippen LogP contribution is -2.09. The zero-order chi connectivity index (χ0) is 12.5. The Morgan fingerprint density at radius 1 is 1.35 bits per heavy atom. The first kappa shape index (κ1) is 11.7. The Morgan fingerprint density at radius 2 is 2.12 bits per heavy atom. The Hall–Kier alpha value is -1.75. The van der Waals surface area contributed by atoms with Crippen LogP contribution in [0.15, 0.2) is 30.3 Å². The first-order valence-electron chi connectivity index (χ1n) is 4.95. The lowest BCUT2D eigenvalue weighted by atomic mass is 10.1. The lowest BCUT2D eigenvalue weighted by molar-refractivity contribution is 0.420. The molecule has 0 unspecified atom stereocenters. The SMILES string of the molecule is COc1cc(NS(C)(=O)=O)cc2cc[c]cc12. The highest BCUT2D eigenvalue weighted by atomic mass is 32.2. The molecule has 1 N–H and O–H groups in total. The van der Waals surface area contributed by atoms with Crippen molar-refractivity contribution in [3.05, 3.63) is 36.4 Å². The number of methoxy groups -OCH3 is 1. The molecule has 0 saturated carbocycles. The van der Waals surface area contributed by atoms with Crippen molar-refractivity contribution >= 4 is 26.5 Å². The Balaban J connectivity index is 2.60. The Morgan fingerprint density at radius 3 is 2.76 bits per heavy atom. The van der Waals surface area contributed by atoms with Crippen LogP contribution in [0.3, 0.4) is 0 Å². The number of anilines is 1. The standard InChI is InChI=1S/C12H12NO3S/c1-16-12-8-10(13-17(2,14)15)7-9-5-3-4-6-11(9)12/h3,5-8,13H,1-2H3. The van der Waals surface area contributed by atoms with Gasteiger partial charge in [0, 0.05) is 11.5 Å². The van der Waals surface area contributed by atoms with Crippen molar-refractivity contribution in [1.82, 2.24) is 0 Å². The van der Waals surface area contributed by atoms with E-state index in [0.29, 0.717) is 11.4 Å². The molecular formula is C12H12NO3S. The van der Waals surface area contributed by atoms with E-state index in [-0.39, 0.29) is 0 Å². The van der Waals surface area contributed by atoms with Gasteiger partial charge in [0.1, 0.15) is 5.75 Å². The van der Waals surface area contributed by atoms with Gasteiger partial charge >= 0.3 is 0 Å². The summed E-state index contributed by atoms with van der Waals surface area (Å²) < 4.78 is 30.0. The average Bonchev–Trinajstić information content (AvgIpc) is 2.25. The molecule has 89 valence electrons. The number of fused-ring (bicyclic) bond motifs is 1. The van der Waals surface area contributed by atoms with Crippen LogP contribution in [0.2, 0.25) is 0 Å². The normalized spacial score (nSPS) is 11.4. The number of hydrogen-bond acceptors (Lipinski definition) is 3. The Labute approximate surface area is 100 Å². The topological polar surface area (TPSA) is 55.4 Å². The molecule has 0 aliphatic carbocycles. The highest BCUT2D eigenvalue weighted by molar-refractivity contribution is 7.92. The second-order valence-corrected chi connectivity index (χ2v) is 5.45. The van der Waals surface area contributed by atoms with Crippen LogP contribution in [0.4, 0.5) is 5.69 Å². The van der Waals surface area contributed by atoms with Crippen LogP contribution in [0.5, 0.6) is 5.75 Å². The lowest BCUT2D eigenvalue weighted by Gasteiger charge is -2.09. The summed E-state index contributed by atoms with van der Waals surface area (Å²) >= 11 is 0. The molecule has 17 heavy (non-hydrogen) atoms. The van der Waals surface area contributed by atoms with Crippen molar-refractivity contribution in [2.24, 2.45) is 0 Å². The highest BCUT2D eigenvalue weighted by Gasteiger charge is 2.07. The van der Waals surface area contributed by atoms with E-state index in [1.165, 1.54) is 0 Å². The first-order chi connectivity index (χ1) is 7.99. The summed E-state index contributed by atoms with van der Waals surface area (Å²) in [4.78, 5) is 0. The molecule has 0 spiro atoms. The minimum absolute atomic E-state index is 0.489. The predicted molar refractivity (Wildman–Crippen MR) is 67.8 cm³/mol. The maximum absolute atomic E-state index is 11.2. The molecule has 0 aliphatic heterocycles. The summed E-state index contributed by atoms with van der Waals surface area (Å²) in [6.45, 7) is 0. The van der Waals surface area contributed by atoms with Gasteiger partial charge in [-0.3, -0.25) is 4.72 Å². The Bertz CT molecular complexity index is 650. The van der Waals surface area contributed by atoms with Crippen LogP contribution in [-0.2, 0) is 10.0 Å². The minimum Gasteiger partial charge on any atom is -0.496 e. The number of ether oxygens (including phenoxy) is 1. The van der Waals surface area contributed by atoms with Crippen LogP contribution in [0, 0.1) is 6.07 Å².